The summed E-state index contributed by atoms with van der Waals surface area (Å²) in [4.78, 5) is 20.6. The van der Waals surface area contributed by atoms with E-state index in [0.717, 1.165) is 17.5 Å². The average molecular weight is 476 g/mol. The van der Waals surface area contributed by atoms with E-state index in [1.807, 2.05) is 40.7 Å². The van der Waals surface area contributed by atoms with E-state index < -0.39 is 5.76 Å². The van der Waals surface area contributed by atoms with Gasteiger partial charge in [0.2, 0.25) is 6.39 Å². The Morgan fingerprint density at radius 1 is 0.882 bits per heavy atom. The molecule has 0 aliphatic carbocycles. The van der Waals surface area contributed by atoms with Crippen molar-refractivity contribution in [2.45, 2.75) is 86.0 Å². The molecule has 0 saturated carbocycles. The van der Waals surface area contributed by atoms with Gasteiger partial charge in [-0.2, -0.15) is 10.1 Å². The van der Waals surface area contributed by atoms with E-state index in [1.54, 1.807) is 12.4 Å². The molecular weight excluding hydrogens is 438 g/mol. The number of H-pyrrole nitrogens is 2. The highest BCUT2D eigenvalue weighted by Crippen LogP contribution is 2.12. The third-order valence-corrected chi connectivity index (χ3v) is 4.18. The molecule has 0 atom stereocenters. The van der Waals surface area contributed by atoms with Crippen LogP contribution in [0.5, 0.6) is 0 Å². The second-order valence-electron chi connectivity index (χ2n) is 8.71. The van der Waals surface area contributed by atoms with Crippen molar-refractivity contribution < 1.29 is 13.5 Å². The fourth-order valence-corrected chi connectivity index (χ4v) is 2.15. The maximum Gasteiger partial charge on any atom is 0.438 e. The summed E-state index contributed by atoms with van der Waals surface area (Å²) >= 11 is 0. The molecule has 0 radical (unpaired) electrons. The monoisotopic (exact) mass is 475 g/mol. The zero-order valence-electron chi connectivity index (χ0n) is 21.5. The molecule has 0 aliphatic heterocycles. The molecule has 0 bridgehead atoms. The van der Waals surface area contributed by atoms with Crippen molar-refractivity contribution in [1.29, 1.82) is 0 Å². The van der Waals surface area contributed by atoms with Crippen LogP contribution >= 0.6 is 0 Å². The molecule has 4 heterocycles. The molecule has 4 rings (SSSR count). The molecule has 0 fully saturated rings. The predicted octanol–water partition coefficient (Wildman–Crippen LogP) is 5.32. The quantitative estimate of drug-likeness (QED) is 0.399. The largest absolute Gasteiger partial charge is 0.446 e. The van der Waals surface area contributed by atoms with Crippen molar-refractivity contribution in [1.82, 2.24) is 35.5 Å². The van der Waals surface area contributed by atoms with Gasteiger partial charge in [0.25, 0.3) is 0 Å². The van der Waals surface area contributed by atoms with Gasteiger partial charge in [0.15, 0.2) is 17.5 Å². The SMILES string of the molecule is CC(C)c1ccn[nH]1.CC(C)c1ncon1.CC(C)c1noc(=O)[nH]1.Cc1cnc(C(C)C)o1. The van der Waals surface area contributed by atoms with E-state index >= 15 is 0 Å². The minimum atomic E-state index is -0.487. The van der Waals surface area contributed by atoms with Crippen LogP contribution < -0.4 is 5.76 Å². The van der Waals surface area contributed by atoms with Crippen molar-refractivity contribution in [2.24, 2.45) is 0 Å². The minimum absolute atomic E-state index is 0.219. The normalized spacial score (nSPS) is 10.5. The molecule has 0 spiro atoms. The van der Waals surface area contributed by atoms with Crippen molar-refractivity contribution in [2.75, 3.05) is 0 Å². The molecule has 188 valence electrons. The van der Waals surface area contributed by atoms with E-state index in [9.17, 15) is 4.79 Å². The highest BCUT2D eigenvalue weighted by molar-refractivity contribution is 5.01. The predicted molar refractivity (Wildman–Crippen MR) is 128 cm³/mol. The van der Waals surface area contributed by atoms with Crippen LogP contribution in [-0.4, -0.2) is 35.5 Å². The molecule has 0 amide bonds. The molecule has 0 aliphatic rings. The van der Waals surface area contributed by atoms with Gasteiger partial charge < -0.3 is 8.94 Å². The summed E-state index contributed by atoms with van der Waals surface area (Å²) in [6.07, 6.45) is 4.86. The van der Waals surface area contributed by atoms with Gasteiger partial charge in [-0.15, -0.1) is 0 Å². The van der Waals surface area contributed by atoms with Crippen molar-refractivity contribution in [3.8, 4) is 0 Å². The van der Waals surface area contributed by atoms with Gasteiger partial charge in [-0.1, -0.05) is 65.7 Å². The molecule has 2 N–H and O–H groups in total. The van der Waals surface area contributed by atoms with E-state index in [2.05, 4.69) is 72.2 Å². The van der Waals surface area contributed by atoms with Gasteiger partial charge >= 0.3 is 5.76 Å². The van der Waals surface area contributed by atoms with E-state index in [0.29, 0.717) is 23.6 Å². The van der Waals surface area contributed by atoms with E-state index in [-0.39, 0.29) is 5.92 Å². The Bertz CT molecular complexity index is 1020. The summed E-state index contributed by atoms with van der Waals surface area (Å²) in [6, 6.07) is 1.99. The summed E-state index contributed by atoms with van der Waals surface area (Å²) in [5, 5.41) is 13.8. The highest BCUT2D eigenvalue weighted by atomic mass is 16.5. The molecule has 11 heteroatoms. The zero-order valence-corrected chi connectivity index (χ0v) is 21.5. The van der Waals surface area contributed by atoms with Gasteiger partial charge in [0.1, 0.15) is 5.76 Å². The van der Waals surface area contributed by atoms with E-state index in [1.165, 1.54) is 12.1 Å². The Morgan fingerprint density at radius 2 is 1.59 bits per heavy atom. The maximum absolute atomic E-state index is 10.3. The van der Waals surface area contributed by atoms with E-state index in [4.69, 9.17) is 4.42 Å². The van der Waals surface area contributed by atoms with Crippen LogP contribution in [0.25, 0.3) is 0 Å². The minimum Gasteiger partial charge on any atom is -0.446 e. The van der Waals surface area contributed by atoms with Crippen molar-refractivity contribution >= 4 is 0 Å². The maximum atomic E-state index is 10.3. The Morgan fingerprint density at radius 3 is 1.82 bits per heavy atom. The smallest absolute Gasteiger partial charge is 0.438 e. The Hall–Kier alpha value is -3.50. The number of hydrogen-bond donors (Lipinski definition) is 2. The van der Waals surface area contributed by atoms with Crippen LogP contribution in [-0.2, 0) is 0 Å². The number of nitrogens with one attached hydrogen (secondary N) is 2. The summed E-state index contributed by atoms with van der Waals surface area (Å²) in [5.74, 6) is 4.15. The second kappa shape index (κ2) is 14.6. The lowest BCUT2D eigenvalue weighted by Gasteiger charge is -1.95. The van der Waals surface area contributed by atoms with Crippen LogP contribution in [0.2, 0.25) is 0 Å². The topological polar surface area (TPSA) is 153 Å². The average Bonchev–Trinajstić information content (AvgIpc) is 3.55. The van der Waals surface area contributed by atoms with Gasteiger partial charge in [-0.3, -0.25) is 14.6 Å². The molecule has 0 aromatic carbocycles. The standard InChI is InChI=1S/C7H11NO.C6H10N2.C5H8N2O2.C5H8N2O/c1-5(2)7-8-4-6(3)9-7;1-5(2)6-3-4-7-8-6;1-3(2)4-6-5(8)9-7-4;1-4(2)5-6-3-8-7-5/h4-5H,1-3H3;3-5H,1-2H3,(H,7,8);3H,1-2H3,(H,6,7,8);3-4H,1-2H3. The summed E-state index contributed by atoms with van der Waals surface area (Å²) in [7, 11) is 0. The summed E-state index contributed by atoms with van der Waals surface area (Å²) in [6.45, 7) is 18.2. The number of aromatic amines is 2. The van der Waals surface area contributed by atoms with Crippen molar-refractivity contribution in [3.05, 3.63) is 64.4 Å². The number of rotatable bonds is 4. The number of aromatic nitrogens is 7. The third kappa shape index (κ3) is 10.9. The lowest BCUT2D eigenvalue weighted by atomic mass is 10.1. The van der Waals surface area contributed by atoms with Crippen LogP contribution in [0.15, 0.2) is 43.1 Å². The number of aryl methyl sites for hydroxylation is 1. The van der Waals surface area contributed by atoms with Crippen LogP contribution in [0.3, 0.4) is 0 Å². The lowest BCUT2D eigenvalue weighted by Crippen LogP contribution is -1.97. The van der Waals surface area contributed by atoms with Crippen molar-refractivity contribution in [3.63, 3.8) is 0 Å². The first kappa shape index (κ1) is 28.5. The molecule has 4 aromatic heterocycles. The first-order valence-corrected chi connectivity index (χ1v) is 11.2. The first-order valence-electron chi connectivity index (χ1n) is 11.2. The fraction of sp³-hybridized carbons (Fsp3) is 0.565. The highest BCUT2D eigenvalue weighted by Gasteiger charge is 2.04. The van der Waals surface area contributed by atoms with Crippen LogP contribution in [0.4, 0.5) is 0 Å². The molecule has 34 heavy (non-hydrogen) atoms. The first-order chi connectivity index (χ1) is 16.0. The zero-order chi connectivity index (χ0) is 25.7. The summed E-state index contributed by atoms with van der Waals surface area (Å²) < 4.78 is 14.0. The molecular formula is C23H37N7O4. The number of nitrogens with zero attached hydrogens (tertiary/aromatic N) is 5. The Labute approximate surface area is 199 Å². The number of oxazole rings is 1. The van der Waals surface area contributed by atoms with Gasteiger partial charge in [-0.05, 0) is 18.9 Å². The Balaban J connectivity index is 0.000000227. The lowest BCUT2D eigenvalue weighted by molar-refractivity contribution is 0.379. The fourth-order valence-electron chi connectivity index (χ4n) is 2.15. The molecule has 11 nitrogen and oxygen atoms in total. The van der Waals surface area contributed by atoms with Crippen LogP contribution in [0.1, 0.15) is 108 Å². The van der Waals surface area contributed by atoms with Gasteiger partial charge in [0.05, 0.1) is 6.20 Å². The Kier molecular flexibility index (Phi) is 12.3. The second-order valence-corrected chi connectivity index (χ2v) is 8.71. The summed E-state index contributed by atoms with van der Waals surface area (Å²) in [5.41, 5.74) is 1.20. The molecule has 4 aromatic rings. The van der Waals surface area contributed by atoms with Gasteiger partial charge in [-0.25, -0.2) is 9.78 Å². The molecule has 0 unspecified atom stereocenters. The number of hydrogen-bond acceptors (Lipinski definition) is 9. The molecule has 0 saturated heterocycles. The van der Waals surface area contributed by atoms with Gasteiger partial charge in [0, 0.05) is 29.6 Å². The third-order valence-electron chi connectivity index (χ3n) is 4.18. The van der Waals surface area contributed by atoms with Crippen LogP contribution in [0, 0.1) is 6.92 Å².